The molecule has 0 saturated carbocycles. The Kier molecular flexibility index (Phi) is 6.12. The molecule has 100 valence electrons. The second kappa shape index (κ2) is 6.56. The van der Waals surface area contributed by atoms with Gasteiger partial charge in [0, 0.05) is 13.7 Å². The molecule has 1 amide bonds. The third kappa shape index (κ3) is 5.65. The molecule has 0 fully saturated rings. The highest BCUT2D eigenvalue weighted by Crippen LogP contribution is 2.19. The summed E-state index contributed by atoms with van der Waals surface area (Å²) in [6.07, 6.45) is 0.360. The predicted octanol–water partition coefficient (Wildman–Crippen LogP) is -0.0343. The van der Waals surface area contributed by atoms with Crippen molar-refractivity contribution in [2.75, 3.05) is 13.7 Å². The molecule has 6 nitrogen and oxygen atoms in total. The zero-order valence-corrected chi connectivity index (χ0v) is 10.8. The Morgan fingerprint density at radius 3 is 2.29 bits per heavy atom. The number of nitrogens with one attached hydrogen (secondary N) is 1. The van der Waals surface area contributed by atoms with E-state index in [1.54, 1.807) is 20.8 Å². The van der Waals surface area contributed by atoms with Crippen molar-refractivity contribution in [3.8, 4) is 0 Å². The summed E-state index contributed by atoms with van der Waals surface area (Å²) in [6, 6.07) is -1.71. The average Bonchev–Trinajstić information content (AvgIpc) is 2.19. The minimum absolute atomic E-state index is 0.360. The lowest BCUT2D eigenvalue weighted by Crippen LogP contribution is -2.53. The number of rotatable bonds is 6. The van der Waals surface area contributed by atoms with E-state index in [9.17, 15) is 9.59 Å². The van der Waals surface area contributed by atoms with Gasteiger partial charge in [0.15, 0.2) is 0 Å². The summed E-state index contributed by atoms with van der Waals surface area (Å²) in [5, 5.41) is 11.5. The number of methoxy groups -OCH3 is 1. The zero-order chi connectivity index (χ0) is 13.6. The molecule has 2 atom stereocenters. The Bertz CT molecular complexity index is 273. The fourth-order valence-electron chi connectivity index (χ4n) is 1.27. The maximum absolute atomic E-state index is 11.7. The first kappa shape index (κ1) is 15.9. The molecule has 0 aromatic heterocycles. The van der Waals surface area contributed by atoms with Crippen molar-refractivity contribution in [3.63, 3.8) is 0 Å². The van der Waals surface area contributed by atoms with Crippen LogP contribution in [0.1, 0.15) is 27.2 Å². The van der Waals surface area contributed by atoms with E-state index >= 15 is 0 Å². The molecule has 0 aliphatic heterocycles. The van der Waals surface area contributed by atoms with Gasteiger partial charge in [-0.2, -0.15) is 0 Å². The minimum atomic E-state index is -1.07. The smallest absolute Gasteiger partial charge is 0.326 e. The van der Waals surface area contributed by atoms with Crippen molar-refractivity contribution >= 4 is 11.9 Å². The van der Waals surface area contributed by atoms with Gasteiger partial charge in [-0.05, 0) is 11.8 Å². The lowest BCUT2D eigenvalue weighted by atomic mass is 9.86. The van der Waals surface area contributed by atoms with Crippen LogP contribution in [0.15, 0.2) is 0 Å². The Morgan fingerprint density at radius 2 is 1.94 bits per heavy atom. The van der Waals surface area contributed by atoms with E-state index in [2.05, 4.69) is 5.32 Å². The monoisotopic (exact) mass is 246 g/mol. The molecule has 0 heterocycles. The predicted molar refractivity (Wildman–Crippen MR) is 63.5 cm³/mol. The van der Waals surface area contributed by atoms with Crippen LogP contribution in [-0.2, 0) is 14.3 Å². The van der Waals surface area contributed by atoms with Crippen molar-refractivity contribution in [1.29, 1.82) is 0 Å². The fraction of sp³-hybridized carbons (Fsp3) is 0.818. The van der Waals surface area contributed by atoms with Crippen LogP contribution in [-0.4, -0.2) is 42.8 Å². The van der Waals surface area contributed by atoms with Crippen molar-refractivity contribution in [2.45, 2.75) is 39.3 Å². The van der Waals surface area contributed by atoms with E-state index < -0.39 is 29.4 Å². The number of carbonyl (C=O) groups excluding carboxylic acids is 1. The standard InChI is InChI=1S/C11H22N2O4/c1-11(2,3)8(10(15)16)13-9(14)7(12)5-6-17-4/h7-8H,5-6,12H2,1-4H3,(H,13,14)(H,15,16). The molecule has 0 bridgehead atoms. The normalized spacial score (nSPS) is 15.1. The maximum Gasteiger partial charge on any atom is 0.326 e. The number of amides is 1. The van der Waals surface area contributed by atoms with E-state index in [-0.39, 0.29) is 0 Å². The van der Waals surface area contributed by atoms with Gasteiger partial charge < -0.3 is 20.9 Å². The summed E-state index contributed by atoms with van der Waals surface area (Å²) in [4.78, 5) is 22.7. The van der Waals surface area contributed by atoms with E-state index in [1.165, 1.54) is 7.11 Å². The van der Waals surface area contributed by atoms with Gasteiger partial charge >= 0.3 is 5.97 Å². The van der Waals surface area contributed by atoms with Gasteiger partial charge in [0.05, 0.1) is 6.04 Å². The second-order valence-electron chi connectivity index (χ2n) is 5.03. The summed E-state index contributed by atoms with van der Waals surface area (Å²) >= 11 is 0. The molecule has 0 aliphatic rings. The summed E-state index contributed by atoms with van der Waals surface area (Å²) in [5.41, 5.74) is 5.04. The molecular weight excluding hydrogens is 224 g/mol. The summed E-state index contributed by atoms with van der Waals surface area (Å²) in [7, 11) is 1.51. The first-order valence-electron chi connectivity index (χ1n) is 5.48. The van der Waals surface area contributed by atoms with Crippen molar-refractivity contribution < 1.29 is 19.4 Å². The SMILES string of the molecule is COCCC(N)C(=O)NC(C(=O)O)C(C)(C)C. The Balaban J connectivity index is 4.47. The quantitative estimate of drug-likeness (QED) is 0.610. The zero-order valence-electron chi connectivity index (χ0n) is 10.8. The Labute approximate surface area is 102 Å². The van der Waals surface area contributed by atoms with Crippen molar-refractivity contribution in [3.05, 3.63) is 0 Å². The van der Waals surface area contributed by atoms with Crippen LogP contribution in [0, 0.1) is 5.41 Å². The largest absolute Gasteiger partial charge is 0.480 e. The first-order chi connectivity index (χ1) is 7.70. The topological polar surface area (TPSA) is 102 Å². The van der Waals surface area contributed by atoms with Gasteiger partial charge in [0.1, 0.15) is 6.04 Å². The van der Waals surface area contributed by atoms with E-state index in [0.717, 1.165) is 0 Å². The lowest BCUT2D eigenvalue weighted by Gasteiger charge is -2.28. The van der Waals surface area contributed by atoms with E-state index in [4.69, 9.17) is 15.6 Å². The molecule has 2 unspecified atom stereocenters. The van der Waals surface area contributed by atoms with Gasteiger partial charge in [-0.25, -0.2) is 4.79 Å². The van der Waals surface area contributed by atoms with E-state index in [0.29, 0.717) is 13.0 Å². The highest BCUT2D eigenvalue weighted by molar-refractivity contribution is 5.87. The number of carboxylic acids is 1. The fourth-order valence-corrected chi connectivity index (χ4v) is 1.27. The van der Waals surface area contributed by atoms with Gasteiger partial charge in [-0.3, -0.25) is 4.79 Å². The number of ether oxygens (including phenoxy) is 1. The van der Waals surface area contributed by atoms with Crippen LogP contribution in [0.2, 0.25) is 0 Å². The highest BCUT2D eigenvalue weighted by atomic mass is 16.5. The number of carbonyl (C=O) groups is 2. The van der Waals surface area contributed by atoms with Crippen LogP contribution in [0.25, 0.3) is 0 Å². The Hall–Kier alpha value is -1.14. The first-order valence-corrected chi connectivity index (χ1v) is 5.48. The molecule has 6 heteroatoms. The van der Waals surface area contributed by atoms with Crippen LogP contribution in [0.5, 0.6) is 0 Å². The summed E-state index contributed by atoms with van der Waals surface area (Å²) in [5.74, 6) is -1.53. The highest BCUT2D eigenvalue weighted by Gasteiger charge is 2.33. The van der Waals surface area contributed by atoms with Crippen LogP contribution in [0.4, 0.5) is 0 Å². The molecule has 0 aromatic carbocycles. The minimum Gasteiger partial charge on any atom is -0.480 e. The summed E-state index contributed by atoms with van der Waals surface area (Å²) in [6.45, 7) is 5.59. The van der Waals surface area contributed by atoms with Crippen LogP contribution < -0.4 is 11.1 Å². The molecule has 4 N–H and O–H groups in total. The summed E-state index contributed by atoms with van der Waals surface area (Å²) < 4.78 is 4.81. The van der Waals surface area contributed by atoms with Gasteiger partial charge in [0.2, 0.25) is 5.91 Å². The van der Waals surface area contributed by atoms with Crippen molar-refractivity contribution in [1.82, 2.24) is 5.32 Å². The molecule has 17 heavy (non-hydrogen) atoms. The molecule has 0 aromatic rings. The molecule has 0 radical (unpaired) electrons. The van der Waals surface area contributed by atoms with Crippen LogP contribution in [0.3, 0.4) is 0 Å². The molecule has 0 saturated heterocycles. The molecule has 0 aliphatic carbocycles. The maximum atomic E-state index is 11.7. The van der Waals surface area contributed by atoms with Crippen molar-refractivity contribution in [2.24, 2.45) is 11.1 Å². The third-order valence-corrected chi connectivity index (χ3v) is 2.37. The molecular formula is C11H22N2O4. The van der Waals surface area contributed by atoms with Gasteiger partial charge in [-0.15, -0.1) is 0 Å². The van der Waals surface area contributed by atoms with Crippen LogP contribution >= 0.6 is 0 Å². The number of nitrogens with two attached hydrogens (primary N) is 1. The number of aliphatic carboxylic acids is 1. The van der Waals surface area contributed by atoms with Gasteiger partial charge in [-0.1, -0.05) is 20.8 Å². The van der Waals surface area contributed by atoms with Gasteiger partial charge in [0.25, 0.3) is 0 Å². The number of hydrogen-bond donors (Lipinski definition) is 3. The third-order valence-electron chi connectivity index (χ3n) is 2.37. The Morgan fingerprint density at radius 1 is 1.41 bits per heavy atom. The average molecular weight is 246 g/mol. The lowest BCUT2D eigenvalue weighted by molar-refractivity contribution is -0.145. The number of hydrogen-bond acceptors (Lipinski definition) is 4. The van der Waals surface area contributed by atoms with E-state index in [1.807, 2.05) is 0 Å². The molecule has 0 spiro atoms. The number of carboxylic acid groups (broad SMARTS) is 1. The molecule has 0 rings (SSSR count). The second-order valence-corrected chi connectivity index (χ2v) is 5.03.